The molecule has 0 atom stereocenters. The van der Waals surface area contributed by atoms with Crippen LogP contribution in [0.5, 0.6) is 0 Å². The summed E-state index contributed by atoms with van der Waals surface area (Å²) in [5.41, 5.74) is 5.74. The minimum Gasteiger partial charge on any atom is -0.356 e. The second kappa shape index (κ2) is 8.91. The molecule has 0 aromatic carbocycles. The summed E-state index contributed by atoms with van der Waals surface area (Å²) >= 11 is 0. The van der Waals surface area contributed by atoms with Crippen molar-refractivity contribution in [3.63, 3.8) is 0 Å². The highest BCUT2D eigenvalue weighted by Crippen LogP contribution is 2.09. The molecule has 0 aliphatic heterocycles. The number of carbonyl (C=O) groups is 2. The van der Waals surface area contributed by atoms with Crippen LogP contribution in [0.1, 0.15) is 52.9 Å². The molecule has 0 saturated carbocycles. The van der Waals surface area contributed by atoms with E-state index in [0.29, 0.717) is 13.1 Å². The third-order valence-electron chi connectivity index (χ3n) is 3.20. The zero-order chi connectivity index (χ0) is 14.0. The standard InChI is InChI=1S/C13H27N3O2/c1-4-9-15-11(17)7-8-12(18)16-10-13(14,5-2)6-3/h4-10,14H2,1-3H3,(H,15,17)(H,16,18). The molecule has 0 aromatic heterocycles. The zero-order valence-corrected chi connectivity index (χ0v) is 11.8. The van der Waals surface area contributed by atoms with Gasteiger partial charge in [-0.05, 0) is 19.3 Å². The third kappa shape index (κ3) is 7.27. The highest BCUT2D eigenvalue weighted by atomic mass is 16.2. The predicted octanol–water partition coefficient (Wildman–Crippen LogP) is 0.927. The Kier molecular flexibility index (Phi) is 8.37. The SMILES string of the molecule is CCCNC(=O)CCC(=O)NCC(N)(CC)CC. The molecule has 0 saturated heterocycles. The summed E-state index contributed by atoms with van der Waals surface area (Å²) in [6.07, 6.45) is 3.00. The van der Waals surface area contributed by atoms with Gasteiger partial charge in [-0.1, -0.05) is 20.8 Å². The monoisotopic (exact) mass is 257 g/mol. The van der Waals surface area contributed by atoms with E-state index >= 15 is 0 Å². The van der Waals surface area contributed by atoms with Gasteiger partial charge >= 0.3 is 0 Å². The molecule has 0 aromatic rings. The Morgan fingerprint density at radius 2 is 1.50 bits per heavy atom. The first-order chi connectivity index (χ1) is 8.47. The molecule has 5 heteroatoms. The minimum absolute atomic E-state index is 0.0722. The maximum atomic E-state index is 11.6. The summed E-state index contributed by atoms with van der Waals surface area (Å²) in [5.74, 6) is -0.185. The lowest BCUT2D eigenvalue weighted by atomic mass is 9.94. The second-order valence-corrected chi connectivity index (χ2v) is 4.70. The van der Waals surface area contributed by atoms with Crippen molar-refractivity contribution < 1.29 is 9.59 Å². The van der Waals surface area contributed by atoms with Gasteiger partial charge < -0.3 is 16.4 Å². The van der Waals surface area contributed by atoms with Crippen LogP contribution in [0.15, 0.2) is 0 Å². The lowest BCUT2D eigenvalue weighted by Crippen LogP contribution is -2.49. The molecule has 0 heterocycles. The van der Waals surface area contributed by atoms with Gasteiger partial charge in [0.25, 0.3) is 0 Å². The molecule has 0 radical (unpaired) electrons. The van der Waals surface area contributed by atoms with E-state index in [9.17, 15) is 9.59 Å². The molecule has 18 heavy (non-hydrogen) atoms. The molecule has 0 unspecified atom stereocenters. The van der Waals surface area contributed by atoms with E-state index in [-0.39, 0.29) is 30.2 Å². The Morgan fingerprint density at radius 1 is 1.00 bits per heavy atom. The Labute approximate surface area is 110 Å². The van der Waals surface area contributed by atoms with Gasteiger partial charge in [-0.25, -0.2) is 0 Å². The first-order valence-corrected chi connectivity index (χ1v) is 6.79. The van der Waals surface area contributed by atoms with Crippen LogP contribution in [0.2, 0.25) is 0 Å². The summed E-state index contributed by atoms with van der Waals surface area (Å²) in [6, 6.07) is 0. The summed E-state index contributed by atoms with van der Waals surface area (Å²) in [5, 5.41) is 5.53. The van der Waals surface area contributed by atoms with Crippen molar-refractivity contribution in [3.8, 4) is 0 Å². The fourth-order valence-corrected chi connectivity index (χ4v) is 1.44. The van der Waals surface area contributed by atoms with E-state index in [4.69, 9.17) is 5.73 Å². The molecule has 0 rings (SSSR count). The molecular formula is C13H27N3O2. The van der Waals surface area contributed by atoms with E-state index in [1.165, 1.54) is 0 Å². The van der Waals surface area contributed by atoms with E-state index in [0.717, 1.165) is 19.3 Å². The summed E-state index contributed by atoms with van der Waals surface area (Å²) in [4.78, 5) is 22.9. The molecule has 0 aliphatic rings. The van der Waals surface area contributed by atoms with E-state index in [1.807, 2.05) is 20.8 Å². The van der Waals surface area contributed by atoms with Crippen LogP contribution in [0.4, 0.5) is 0 Å². The number of amides is 2. The quantitative estimate of drug-likeness (QED) is 0.574. The number of hydrogen-bond donors (Lipinski definition) is 3. The first kappa shape index (κ1) is 16.9. The largest absolute Gasteiger partial charge is 0.356 e. The summed E-state index contributed by atoms with van der Waals surface area (Å²) < 4.78 is 0. The molecule has 0 aliphatic carbocycles. The Hall–Kier alpha value is -1.10. The average Bonchev–Trinajstić information content (AvgIpc) is 2.40. The Morgan fingerprint density at radius 3 is 1.94 bits per heavy atom. The van der Waals surface area contributed by atoms with Crippen molar-refractivity contribution in [2.24, 2.45) is 5.73 Å². The summed E-state index contributed by atoms with van der Waals surface area (Å²) in [6.45, 7) is 7.14. The van der Waals surface area contributed by atoms with Gasteiger partial charge in [0.1, 0.15) is 0 Å². The van der Waals surface area contributed by atoms with Crippen molar-refractivity contribution in [2.75, 3.05) is 13.1 Å². The van der Waals surface area contributed by atoms with E-state index in [1.54, 1.807) is 0 Å². The maximum absolute atomic E-state index is 11.6. The van der Waals surface area contributed by atoms with Crippen molar-refractivity contribution in [2.45, 2.75) is 58.4 Å². The lowest BCUT2D eigenvalue weighted by molar-refractivity contribution is -0.126. The van der Waals surface area contributed by atoms with Crippen LogP contribution in [-0.2, 0) is 9.59 Å². The number of hydrogen-bond acceptors (Lipinski definition) is 3. The van der Waals surface area contributed by atoms with Gasteiger partial charge in [-0.15, -0.1) is 0 Å². The van der Waals surface area contributed by atoms with Gasteiger partial charge in [0.15, 0.2) is 0 Å². The zero-order valence-electron chi connectivity index (χ0n) is 11.8. The first-order valence-electron chi connectivity index (χ1n) is 6.79. The Balaban J connectivity index is 3.81. The number of nitrogens with two attached hydrogens (primary N) is 1. The number of carbonyl (C=O) groups excluding carboxylic acids is 2. The van der Waals surface area contributed by atoms with Crippen LogP contribution in [0.25, 0.3) is 0 Å². The molecule has 4 N–H and O–H groups in total. The van der Waals surface area contributed by atoms with Gasteiger partial charge in [0.05, 0.1) is 0 Å². The molecule has 0 bridgehead atoms. The van der Waals surface area contributed by atoms with Crippen LogP contribution in [0.3, 0.4) is 0 Å². The smallest absolute Gasteiger partial charge is 0.220 e. The van der Waals surface area contributed by atoms with Gasteiger partial charge in [-0.2, -0.15) is 0 Å². The predicted molar refractivity (Wildman–Crippen MR) is 73.0 cm³/mol. The number of nitrogens with one attached hydrogen (secondary N) is 2. The van der Waals surface area contributed by atoms with Crippen LogP contribution < -0.4 is 16.4 Å². The van der Waals surface area contributed by atoms with E-state index < -0.39 is 0 Å². The third-order valence-corrected chi connectivity index (χ3v) is 3.20. The van der Waals surface area contributed by atoms with Crippen LogP contribution in [0, 0.1) is 0 Å². The fourth-order valence-electron chi connectivity index (χ4n) is 1.44. The summed E-state index contributed by atoms with van der Waals surface area (Å²) in [7, 11) is 0. The molecular weight excluding hydrogens is 230 g/mol. The Bertz CT molecular complexity index is 263. The van der Waals surface area contributed by atoms with Crippen molar-refractivity contribution in [3.05, 3.63) is 0 Å². The fraction of sp³-hybridized carbons (Fsp3) is 0.846. The van der Waals surface area contributed by atoms with Crippen LogP contribution >= 0.6 is 0 Å². The highest BCUT2D eigenvalue weighted by molar-refractivity contribution is 5.83. The molecule has 106 valence electrons. The van der Waals surface area contributed by atoms with Gasteiger partial charge in [0, 0.05) is 31.5 Å². The maximum Gasteiger partial charge on any atom is 0.220 e. The second-order valence-electron chi connectivity index (χ2n) is 4.70. The number of rotatable bonds is 9. The van der Waals surface area contributed by atoms with E-state index in [2.05, 4.69) is 10.6 Å². The van der Waals surface area contributed by atoms with Gasteiger partial charge in [0.2, 0.25) is 11.8 Å². The normalized spacial score (nSPS) is 11.1. The van der Waals surface area contributed by atoms with Gasteiger partial charge in [-0.3, -0.25) is 9.59 Å². The van der Waals surface area contributed by atoms with Crippen LogP contribution in [-0.4, -0.2) is 30.4 Å². The van der Waals surface area contributed by atoms with Crippen molar-refractivity contribution in [1.29, 1.82) is 0 Å². The van der Waals surface area contributed by atoms with Crippen molar-refractivity contribution >= 4 is 11.8 Å². The topological polar surface area (TPSA) is 84.2 Å². The van der Waals surface area contributed by atoms with Crippen molar-refractivity contribution in [1.82, 2.24) is 10.6 Å². The minimum atomic E-state index is -0.333. The highest BCUT2D eigenvalue weighted by Gasteiger charge is 2.20. The average molecular weight is 257 g/mol. The molecule has 0 fully saturated rings. The lowest BCUT2D eigenvalue weighted by Gasteiger charge is -2.26. The molecule has 2 amide bonds. The molecule has 0 spiro atoms. The molecule has 5 nitrogen and oxygen atoms in total.